The topological polar surface area (TPSA) is 49.6 Å². The second kappa shape index (κ2) is 7.74. The number of nitrogens with two attached hydrogens (primary N) is 1. The van der Waals surface area contributed by atoms with E-state index in [1.54, 1.807) is 0 Å². The number of piperidine rings is 1. The Labute approximate surface area is 111 Å². The lowest BCUT2D eigenvalue weighted by molar-refractivity contribution is -0.134. The van der Waals surface area contributed by atoms with Crippen LogP contribution in [-0.4, -0.2) is 54.0 Å². The van der Waals surface area contributed by atoms with Gasteiger partial charge in [-0.15, -0.1) is 0 Å². The molecule has 106 valence electrons. The van der Waals surface area contributed by atoms with Crippen molar-refractivity contribution in [2.45, 2.75) is 58.5 Å². The zero-order valence-electron chi connectivity index (χ0n) is 12.2. The highest BCUT2D eigenvalue weighted by molar-refractivity contribution is 5.81. The summed E-state index contributed by atoms with van der Waals surface area (Å²) in [4.78, 5) is 16.5. The van der Waals surface area contributed by atoms with Crippen LogP contribution in [0.1, 0.15) is 46.5 Å². The summed E-state index contributed by atoms with van der Waals surface area (Å²) in [6.45, 7) is 10.4. The number of carbonyl (C=O) groups excluding carboxylic acids is 1. The average molecular weight is 255 g/mol. The van der Waals surface area contributed by atoms with E-state index in [0.29, 0.717) is 6.04 Å². The molecule has 0 saturated carbocycles. The molecule has 0 aromatic rings. The smallest absolute Gasteiger partial charge is 0.239 e. The molecule has 1 aliphatic heterocycles. The van der Waals surface area contributed by atoms with Gasteiger partial charge in [0.05, 0.1) is 6.04 Å². The molecule has 0 aromatic heterocycles. The monoisotopic (exact) mass is 255 g/mol. The van der Waals surface area contributed by atoms with Gasteiger partial charge in [-0.1, -0.05) is 27.2 Å². The van der Waals surface area contributed by atoms with E-state index in [9.17, 15) is 4.79 Å². The van der Waals surface area contributed by atoms with Crippen molar-refractivity contribution in [1.82, 2.24) is 9.80 Å². The normalized spacial score (nSPS) is 19.3. The molecule has 1 amide bonds. The molecule has 1 heterocycles. The van der Waals surface area contributed by atoms with Gasteiger partial charge in [-0.05, 0) is 32.4 Å². The van der Waals surface area contributed by atoms with Gasteiger partial charge in [0.2, 0.25) is 5.91 Å². The molecule has 0 aliphatic carbocycles. The fourth-order valence-corrected chi connectivity index (χ4v) is 2.86. The van der Waals surface area contributed by atoms with Crippen LogP contribution in [0, 0.1) is 0 Å². The van der Waals surface area contributed by atoms with Crippen LogP contribution in [0.4, 0.5) is 0 Å². The summed E-state index contributed by atoms with van der Waals surface area (Å²) in [5.74, 6) is 0.148. The molecule has 4 heteroatoms. The number of carbonyl (C=O) groups is 1. The molecule has 1 aliphatic rings. The van der Waals surface area contributed by atoms with E-state index in [4.69, 9.17) is 5.73 Å². The number of nitrogens with zero attached hydrogens (tertiary/aromatic N) is 2. The number of likely N-dealkylation sites (tertiary alicyclic amines) is 1. The minimum Gasteiger partial charge on any atom is -0.341 e. The highest BCUT2D eigenvalue weighted by Crippen LogP contribution is 2.17. The molecule has 4 nitrogen and oxygen atoms in total. The maximum atomic E-state index is 12.1. The minimum atomic E-state index is -0.292. The Kier molecular flexibility index (Phi) is 6.65. The molecule has 0 unspecified atom stereocenters. The first-order valence-corrected chi connectivity index (χ1v) is 7.42. The van der Waals surface area contributed by atoms with Crippen molar-refractivity contribution in [3.63, 3.8) is 0 Å². The first-order valence-electron chi connectivity index (χ1n) is 7.42. The molecule has 0 radical (unpaired) electrons. The van der Waals surface area contributed by atoms with Gasteiger partial charge in [0.25, 0.3) is 0 Å². The lowest BCUT2D eigenvalue weighted by Crippen LogP contribution is -2.50. The first kappa shape index (κ1) is 15.4. The second-order valence-corrected chi connectivity index (χ2v) is 5.17. The van der Waals surface area contributed by atoms with Gasteiger partial charge in [0.15, 0.2) is 0 Å². The summed E-state index contributed by atoms with van der Waals surface area (Å²) in [6, 6.07) is 0.353. The van der Waals surface area contributed by atoms with Gasteiger partial charge in [-0.3, -0.25) is 4.79 Å². The molecule has 1 rings (SSSR count). The zero-order chi connectivity index (χ0) is 13.5. The van der Waals surface area contributed by atoms with Crippen molar-refractivity contribution in [1.29, 1.82) is 0 Å². The van der Waals surface area contributed by atoms with E-state index in [1.165, 1.54) is 0 Å². The quantitative estimate of drug-likeness (QED) is 0.781. The average Bonchev–Trinajstić information content (AvgIpc) is 2.40. The Hall–Kier alpha value is -0.610. The van der Waals surface area contributed by atoms with Crippen LogP contribution >= 0.6 is 0 Å². The van der Waals surface area contributed by atoms with E-state index in [0.717, 1.165) is 51.9 Å². The van der Waals surface area contributed by atoms with Crippen LogP contribution in [-0.2, 0) is 4.79 Å². The summed E-state index contributed by atoms with van der Waals surface area (Å²) in [7, 11) is 0. The van der Waals surface area contributed by atoms with Crippen molar-refractivity contribution in [2.75, 3.05) is 26.2 Å². The van der Waals surface area contributed by atoms with E-state index in [2.05, 4.69) is 25.7 Å². The SMILES string of the molecule is CCC[C@@H](N)C(=O)N1CCC(N(CC)CC)CC1. The fourth-order valence-electron chi connectivity index (χ4n) is 2.86. The van der Waals surface area contributed by atoms with E-state index in [1.807, 2.05) is 4.90 Å². The van der Waals surface area contributed by atoms with Crippen molar-refractivity contribution >= 4 is 5.91 Å². The zero-order valence-corrected chi connectivity index (χ0v) is 12.2. The third-order valence-corrected chi connectivity index (χ3v) is 4.02. The number of hydrogen-bond acceptors (Lipinski definition) is 3. The minimum absolute atomic E-state index is 0.148. The third kappa shape index (κ3) is 3.95. The molecular weight excluding hydrogens is 226 g/mol. The Morgan fingerprint density at radius 1 is 1.28 bits per heavy atom. The molecule has 1 atom stereocenters. The predicted molar refractivity (Wildman–Crippen MR) is 75.4 cm³/mol. The summed E-state index contributed by atoms with van der Waals surface area (Å²) in [6.07, 6.45) is 3.95. The predicted octanol–water partition coefficient (Wildman–Crippen LogP) is 1.45. The highest BCUT2D eigenvalue weighted by atomic mass is 16.2. The molecular formula is C14H29N3O. The molecule has 1 fully saturated rings. The largest absolute Gasteiger partial charge is 0.341 e. The van der Waals surface area contributed by atoms with Gasteiger partial charge in [-0.25, -0.2) is 0 Å². The standard InChI is InChI=1S/C14H29N3O/c1-4-7-13(15)14(18)17-10-8-12(9-11-17)16(5-2)6-3/h12-13H,4-11,15H2,1-3H3/t13-/m1/s1. The summed E-state index contributed by atoms with van der Waals surface area (Å²) in [5, 5.41) is 0. The van der Waals surface area contributed by atoms with Crippen molar-refractivity contribution < 1.29 is 4.79 Å². The molecule has 1 saturated heterocycles. The Balaban J connectivity index is 2.41. The van der Waals surface area contributed by atoms with E-state index >= 15 is 0 Å². The van der Waals surface area contributed by atoms with Gasteiger partial charge in [-0.2, -0.15) is 0 Å². The van der Waals surface area contributed by atoms with Crippen LogP contribution in [0.2, 0.25) is 0 Å². The fraction of sp³-hybridized carbons (Fsp3) is 0.929. The summed E-state index contributed by atoms with van der Waals surface area (Å²) < 4.78 is 0. The number of hydrogen-bond donors (Lipinski definition) is 1. The van der Waals surface area contributed by atoms with Crippen molar-refractivity contribution in [2.24, 2.45) is 5.73 Å². The van der Waals surface area contributed by atoms with Crippen molar-refractivity contribution in [3.05, 3.63) is 0 Å². The number of rotatable bonds is 6. The highest BCUT2D eigenvalue weighted by Gasteiger charge is 2.27. The van der Waals surface area contributed by atoms with Crippen LogP contribution < -0.4 is 5.73 Å². The molecule has 0 aromatic carbocycles. The summed E-state index contributed by atoms with van der Waals surface area (Å²) in [5.41, 5.74) is 5.90. The second-order valence-electron chi connectivity index (χ2n) is 5.17. The maximum Gasteiger partial charge on any atom is 0.239 e. The third-order valence-electron chi connectivity index (χ3n) is 4.02. The number of amides is 1. The maximum absolute atomic E-state index is 12.1. The van der Waals surface area contributed by atoms with Crippen LogP contribution in [0.15, 0.2) is 0 Å². The first-order chi connectivity index (χ1) is 8.63. The van der Waals surface area contributed by atoms with Gasteiger partial charge >= 0.3 is 0 Å². The van der Waals surface area contributed by atoms with Crippen LogP contribution in [0.3, 0.4) is 0 Å². The lowest BCUT2D eigenvalue weighted by atomic mass is 10.0. The van der Waals surface area contributed by atoms with Crippen LogP contribution in [0.25, 0.3) is 0 Å². The van der Waals surface area contributed by atoms with E-state index < -0.39 is 0 Å². The Morgan fingerprint density at radius 2 is 1.83 bits per heavy atom. The molecule has 18 heavy (non-hydrogen) atoms. The van der Waals surface area contributed by atoms with Gasteiger partial charge < -0.3 is 15.5 Å². The van der Waals surface area contributed by atoms with Gasteiger partial charge in [0, 0.05) is 19.1 Å². The van der Waals surface area contributed by atoms with Gasteiger partial charge in [0.1, 0.15) is 0 Å². The molecule has 0 bridgehead atoms. The Bertz CT molecular complexity index is 245. The lowest BCUT2D eigenvalue weighted by Gasteiger charge is -2.38. The van der Waals surface area contributed by atoms with E-state index in [-0.39, 0.29) is 11.9 Å². The van der Waals surface area contributed by atoms with Crippen LogP contribution in [0.5, 0.6) is 0 Å². The molecule has 2 N–H and O–H groups in total. The summed E-state index contributed by atoms with van der Waals surface area (Å²) >= 11 is 0. The molecule has 0 spiro atoms. The Morgan fingerprint density at radius 3 is 2.28 bits per heavy atom. The van der Waals surface area contributed by atoms with Crippen molar-refractivity contribution in [3.8, 4) is 0 Å².